The zero-order chi connectivity index (χ0) is 15.6. The Kier molecular flexibility index (Phi) is 5.06. The van der Waals surface area contributed by atoms with Crippen LogP contribution in [0, 0.1) is 5.92 Å². The fourth-order valence-corrected chi connectivity index (χ4v) is 2.48. The predicted octanol–water partition coefficient (Wildman–Crippen LogP) is 2.37. The summed E-state index contributed by atoms with van der Waals surface area (Å²) in [5, 5.41) is 10.2. The molecule has 2 atom stereocenters. The van der Waals surface area contributed by atoms with Gasteiger partial charge in [0.1, 0.15) is 5.02 Å². The normalized spacial score (nSPS) is 22.5. The first-order valence-corrected chi connectivity index (χ1v) is 7.55. The van der Waals surface area contributed by atoms with Crippen molar-refractivity contribution >= 4 is 17.5 Å². The molecule has 1 saturated heterocycles. The maximum atomic E-state index is 12.4. The van der Waals surface area contributed by atoms with E-state index in [2.05, 4.69) is 4.98 Å². The molecule has 1 N–H and O–H groups in total. The number of amides is 1. The molecular formula is C15H21ClN2O3. The number of hydrogen-bond donors (Lipinski definition) is 1. The number of nitrogens with zero attached hydrogens (tertiary/aromatic N) is 2. The minimum Gasteiger partial charge on any atom is -0.474 e. The average Bonchev–Trinajstić information content (AvgIpc) is 2.43. The van der Waals surface area contributed by atoms with E-state index in [4.69, 9.17) is 16.3 Å². The van der Waals surface area contributed by atoms with Gasteiger partial charge in [-0.15, -0.1) is 0 Å². The third-order valence-electron chi connectivity index (χ3n) is 3.61. The fourth-order valence-electron chi connectivity index (χ4n) is 2.27. The Morgan fingerprint density at radius 3 is 2.86 bits per heavy atom. The SMILES string of the molecule is CC(C)Oc1ncc(C(=O)N2CCC(C)C(O)C2)cc1Cl. The minimum absolute atomic E-state index is 0.0321. The fraction of sp³-hybridized carbons (Fsp3) is 0.600. The summed E-state index contributed by atoms with van der Waals surface area (Å²) < 4.78 is 5.45. The molecular weight excluding hydrogens is 292 g/mol. The van der Waals surface area contributed by atoms with Crippen molar-refractivity contribution in [3.8, 4) is 5.88 Å². The number of β-amino-alcohol motifs (C(OH)–C–C–N with tert-alkyl or cyclic N) is 1. The summed E-state index contributed by atoms with van der Waals surface area (Å²) in [6.07, 6.45) is 1.75. The van der Waals surface area contributed by atoms with Crippen LogP contribution in [0.2, 0.25) is 5.02 Å². The molecule has 1 fully saturated rings. The molecule has 0 spiro atoms. The van der Waals surface area contributed by atoms with Crippen molar-refractivity contribution in [3.05, 3.63) is 22.8 Å². The molecule has 0 bridgehead atoms. The van der Waals surface area contributed by atoms with Crippen LogP contribution < -0.4 is 4.74 Å². The van der Waals surface area contributed by atoms with Crippen LogP contribution in [-0.2, 0) is 0 Å². The number of likely N-dealkylation sites (tertiary alicyclic amines) is 1. The smallest absolute Gasteiger partial charge is 0.255 e. The number of hydrogen-bond acceptors (Lipinski definition) is 4. The Labute approximate surface area is 129 Å². The number of rotatable bonds is 3. The van der Waals surface area contributed by atoms with Crippen molar-refractivity contribution in [3.63, 3.8) is 0 Å². The van der Waals surface area contributed by atoms with Crippen molar-refractivity contribution in [2.75, 3.05) is 13.1 Å². The highest BCUT2D eigenvalue weighted by Crippen LogP contribution is 2.25. The van der Waals surface area contributed by atoms with Crippen LogP contribution in [0.25, 0.3) is 0 Å². The van der Waals surface area contributed by atoms with Crippen LogP contribution in [0.4, 0.5) is 0 Å². The van der Waals surface area contributed by atoms with E-state index in [1.807, 2.05) is 20.8 Å². The summed E-state index contributed by atoms with van der Waals surface area (Å²) in [4.78, 5) is 18.2. The van der Waals surface area contributed by atoms with Crippen molar-refractivity contribution < 1.29 is 14.6 Å². The molecule has 2 heterocycles. The van der Waals surface area contributed by atoms with E-state index in [1.165, 1.54) is 6.20 Å². The van der Waals surface area contributed by atoms with E-state index < -0.39 is 6.10 Å². The molecule has 116 valence electrons. The van der Waals surface area contributed by atoms with Crippen molar-refractivity contribution in [1.29, 1.82) is 0 Å². The van der Waals surface area contributed by atoms with E-state index in [-0.39, 0.29) is 17.9 Å². The molecule has 21 heavy (non-hydrogen) atoms. The van der Waals surface area contributed by atoms with Gasteiger partial charge in [-0.2, -0.15) is 0 Å². The van der Waals surface area contributed by atoms with Crippen LogP contribution in [0.1, 0.15) is 37.6 Å². The molecule has 1 aromatic heterocycles. The monoisotopic (exact) mass is 312 g/mol. The molecule has 0 radical (unpaired) electrons. The largest absolute Gasteiger partial charge is 0.474 e. The van der Waals surface area contributed by atoms with Gasteiger partial charge in [-0.3, -0.25) is 4.79 Å². The highest BCUT2D eigenvalue weighted by Gasteiger charge is 2.28. The topological polar surface area (TPSA) is 62.7 Å². The van der Waals surface area contributed by atoms with Crippen molar-refractivity contribution in [1.82, 2.24) is 9.88 Å². The van der Waals surface area contributed by atoms with Gasteiger partial charge in [-0.05, 0) is 32.3 Å². The summed E-state index contributed by atoms with van der Waals surface area (Å²) in [5.74, 6) is 0.388. The lowest BCUT2D eigenvalue weighted by Crippen LogP contribution is -2.45. The Balaban J connectivity index is 2.11. The van der Waals surface area contributed by atoms with Crippen LogP contribution in [0.3, 0.4) is 0 Å². The second kappa shape index (κ2) is 6.62. The Bertz CT molecular complexity index is 522. The van der Waals surface area contributed by atoms with Crippen molar-refractivity contribution in [2.45, 2.75) is 39.4 Å². The lowest BCUT2D eigenvalue weighted by atomic mass is 9.95. The number of halogens is 1. The van der Waals surface area contributed by atoms with Gasteiger partial charge in [0, 0.05) is 19.3 Å². The first kappa shape index (κ1) is 16.0. The average molecular weight is 313 g/mol. The standard InChI is InChI=1S/C15H21ClN2O3/c1-9(2)21-14-12(16)6-11(7-17-14)15(20)18-5-4-10(3)13(19)8-18/h6-7,9-10,13,19H,4-5,8H2,1-3H3. The van der Waals surface area contributed by atoms with Crippen LogP contribution >= 0.6 is 11.6 Å². The van der Waals surface area contributed by atoms with Gasteiger partial charge < -0.3 is 14.7 Å². The Morgan fingerprint density at radius 1 is 1.57 bits per heavy atom. The number of carbonyl (C=O) groups excluding carboxylic acids is 1. The second-order valence-corrected chi connectivity index (χ2v) is 6.17. The molecule has 0 aliphatic carbocycles. The number of aliphatic hydroxyl groups excluding tert-OH is 1. The van der Waals surface area contributed by atoms with Gasteiger partial charge in [0.25, 0.3) is 5.91 Å². The number of aromatic nitrogens is 1. The van der Waals surface area contributed by atoms with Crippen LogP contribution in [0.5, 0.6) is 5.88 Å². The summed E-state index contributed by atoms with van der Waals surface area (Å²) in [6.45, 7) is 6.74. The number of aliphatic hydroxyl groups is 1. The maximum Gasteiger partial charge on any atom is 0.255 e. The molecule has 0 saturated carbocycles. The summed E-state index contributed by atoms with van der Waals surface area (Å²) >= 11 is 6.10. The van der Waals surface area contributed by atoms with Gasteiger partial charge in [0.05, 0.1) is 17.8 Å². The van der Waals surface area contributed by atoms with Gasteiger partial charge in [0.15, 0.2) is 0 Å². The molecule has 5 nitrogen and oxygen atoms in total. The molecule has 1 aromatic rings. The molecule has 1 aliphatic heterocycles. The van der Waals surface area contributed by atoms with E-state index >= 15 is 0 Å². The van der Waals surface area contributed by atoms with Gasteiger partial charge in [0.2, 0.25) is 5.88 Å². The predicted molar refractivity (Wildman–Crippen MR) is 80.7 cm³/mol. The third-order valence-corrected chi connectivity index (χ3v) is 3.88. The van der Waals surface area contributed by atoms with Crippen molar-refractivity contribution in [2.24, 2.45) is 5.92 Å². The Hall–Kier alpha value is -1.33. The zero-order valence-electron chi connectivity index (χ0n) is 12.5. The van der Waals surface area contributed by atoms with E-state index in [9.17, 15) is 9.90 Å². The zero-order valence-corrected chi connectivity index (χ0v) is 13.3. The second-order valence-electron chi connectivity index (χ2n) is 5.76. The summed E-state index contributed by atoms with van der Waals surface area (Å²) in [7, 11) is 0. The molecule has 2 rings (SSSR count). The van der Waals surface area contributed by atoms with Gasteiger partial charge in [-0.1, -0.05) is 18.5 Å². The molecule has 0 aromatic carbocycles. The number of pyridine rings is 1. The highest BCUT2D eigenvalue weighted by atomic mass is 35.5. The molecule has 1 aliphatic rings. The van der Waals surface area contributed by atoms with E-state index in [0.29, 0.717) is 29.6 Å². The third kappa shape index (κ3) is 3.86. The number of ether oxygens (including phenoxy) is 1. The van der Waals surface area contributed by atoms with E-state index in [1.54, 1.807) is 11.0 Å². The first-order valence-electron chi connectivity index (χ1n) is 7.18. The number of piperidine rings is 1. The lowest BCUT2D eigenvalue weighted by Gasteiger charge is -2.34. The summed E-state index contributed by atoms with van der Waals surface area (Å²) in [5.41, 5.74) is 0.415. The van der Waals surface area contributed by atoms with Gasteiger partial charge >= 0.3 is 0 Å². The number of carbonyl (C=O) groups is 1. The highest BCUT2D eigenvalue weighted by molar-refractivity contribution is 6.32. The molecule has 2 unspecified atom stereocenters. The molecule has 1 amide bonds. The lowest BCUT2D eigenvalue weighted by molar-refractivity contribution is 0.0248. The quantitative estimate of drug-likeness (QED) is 0.930. The maximum absolute atomic E-state index is 12.4. The Morgan fingerprint density at radius 2 is 2.29 bits per heavy atom. The molecule has 6 heteroatoms. The van der Waals surface area contributed by atoms with Crippen LogP contribution in [-0.4, -0.2) is 46.2 Å². The first-order chi connectivity index (χ1) is 9.88. The minimum atomic E-state index is -0.477. The summed E-state index contributed by atoms with van der Waals surface area (Å²) in [6, 6.07) is 1.57. The van der Waals surface area contributed by atoms with Crippen LogP contribution in [0.15, 0.2) is 12.3 Å². The van der Waals surface area contributed by atoms with E-state index in [0.717, 1.165) is 6.42 Å². The van der Waals surface area contributed by atoms with Gasteiger partial charge in [-0.25, -0.2) is 4.98 Å².